The molecule has 0 bridgehead atoms. The van der Waals surface area contributed by atoms with Gasteiger partial charge in [0.15, 0.2) is 0 Å². The van der Waals surface area contributed by atoms with E-state index in [0.29, 0.717) is 6.54 Å². The van der Waals surface area contributed by atoms with Gasteiger partial charge in [0.1, 0.15) is 5.69 Å². The number of hydrogen-bond acceptors (Lipinski definition) is 3. The van der Waals surface area contributed by atoms with Gasteiger partial charge in [-0.1, -0.05) is 0 Å². The first-order chi connectivity index (χ1) is 6.42. The lowest BCUT2D eigenvalue weighted by Gasteiger charge is -2.01. The predicted octanol–water partition coefficient (Wildman–Crippen LogP) is 0.930. The van der Waals surface area contributed by atoms with Gasteiger partial charge in [-0.15, -0.1) is 0 Å². The third-order valence-corrected chi connectivity index (χ3v) is 1.82. The summed E-state index contributed by atoms with van der Waals surface area (Å²) < 4.78 is 0. The van der Waals surface area contributed by atoms with Crippen molar-refractivity contribution in [2.24, 2.45) is 5.73 Å². The van der Waals surface area contributed by atoms with E-state index in [0.717, 1.165) is 17.1 Å². The van der Waals surface area contributed by atoms with Crippen molar-refractivity contribution >= 4 is 0 Å². The zero-order valence-electron chi connectivity index (χ0n) is 7.07. The Bertz CT molecular complexity index is 380. The second kappa shape index (κ2) is 3.37. The minimum absolute atomic E-state index is 0.405. The molecular weight excluding hydrogens is 164 g/mol. The summed E-state index contributed by atoms with van der Waals surface area (Å²) in [5, 5.41) is 0. The highest BCUT2D eigenvalue weighted by Gasteiger charge is 2.05. The minimum atomic E-state index is 0.405. The fraction of sp³-hybridized carbons (Fsp3) is 0.111. The van der Waals surface area contributed by atoms with E-state index in [1.165, 1.54) is 0 Å². The van der Waals surface area contributed by atoms with Crippen molar-refractivity contribution in [3.05, 3.63) is 36.4 Å². The van der Waals surface area contributed by atoms with Gasteiger partial charge in [0.2, 0.25) is 0 Å². The molecule has 0 saturated heterocycles. The molecule has 0 spiro atoms. The van der Waals surface area contributed by atoms with Crippen LogP contribution in [-0.2, 0) is 6.54 Å². The number of nitrogens with two attached hydrogens (primary N) is 1. The molecule has 0 aromatic carbocycles. The number of aromatic nitrogens is 3. The zero-order chi connectivity index (χ0) is 9.10. The van der Waals surface area contributed by atoms with Crippen LogP contribution in [0.4, 0.5) is 0 Å². The van der Waals surface area contributed by atoms with Gasteiger partial charge in [0.05, 0.1) is 11.4 Å². The van der Waals surface area contributed by atoms with Crippen molar-refractivity contribution in [3.8, 4) is 11.4 Å². The third-order valence-electron chi connectivity index (χ3n) is 1.82. The van der Waals surface area contributed by atoms with Gasteiger partial charge in [-0.05, 0) is 12.1 Å². The number of hydrogen-bond donors (Lipinski definition) is 2. The summed E-state index contributed by atoms with van der Waals surface area (Å²) in [6, 6.07) is 3.87. The van der Waals surface area contributed by atoms with Gasteiger partial charge in [-0.3, -0.25) is 9.97 Å². The molecule has 0 aliphatic heterocycles. The van der Waals surface area contributed by atoms with Crippen molar-refractivity contribution in [3.63, 3.8) is 0 Å². The van der Waals surface area contributed by atoms with Gasteiger partial charge in [0, 0.05) is 25.1 Å². The van der Waals surface area contributed by atoms with Crippen molar-refractivity contribution < 1.29 is 0 Å². The van der Waals surface area contributed by atoms with Gasteiger partial charge in [0.25, 0.3) is 0 Å². The number of rotatable bonds is 2. The molecule has 0 saturated carbocycles. The molecule has 4 heteroatoms. The molecule has 4 nitrogen and oxygen atoms in total. The van der Waals surface area contributed by atoms with E-state index in [4.69, 9.17) is 5.73 Å². The molecule has 3 N–H and O–H groups in total. The van der Waals surface area contributed by atoms with E-state index >= 15 is 0 Å². The maximum absolute atomic E-state index is 5.54. The van der Waals surface area contributed by atoms with Crippen LogP contribution in [0.25, 0.3) is 11.4 Å². The van der Waals surface area contributed by atoms with E-state index in [-0.39, 0.29) is 0 Å². The Hall–Kier alpha value is -1.68. The van der Waals surface area contributed by atoms with Gasteiger partial charge in [-0.25, -0.2) is 0 Å². The highest BCUT2D eigenvalue weighted by atomic mass is 14.8. The highest BCUT2D eigenvalue weighted by molar-refractivity contribution is 5.56. The maximum atomic E-state index is 5.54. The summed E-state index contributed by atoms with van der Waals surface area (Å²) in [6.45, 7) is 0.405. The Morgan fingerprint density at radius 3 is 2.85 bits per heavy atom. The lowest BCUT2D eigenvalue weighted by atomic mass is 10.2. The van der Waals surface area contributed by atoms with Crippen LogP contribution in [0.15, 0.2) is 30.7 Å². The second-order valence-electron chi connectivity index (χ2n) is 2.64. The molecule has 0 unspecified atom stereocenters. The quantitative estimate of drug-likeness (QED) is 0.711. The van der Waals surface area contributed by atoms with Crippen molar-refractivity contribution in [2.75, 3.05) is 0 Å². The van der Waals surface area contributed by atoms with Crippen LogP contribution in [0.1, 0.15) is 5.69 Å². The van der Waals surface area contributed by atoms with Crippen molar-refractivity contribution in [1.82, 2.24) is 15.0 Å². The van der Waals surface area contributed by atoms with Gasteiger partial charge < -0.3 is 10.7 Å². The van der Waals surface area contributed by atoms with Crippen LogP contribution in [0.5, 0.6) is 0 Å². The number of aromatic amines is 1. The third kappa shape index (κ3) is 1.43. The number of nitrogens with zero attached hydrogens (tertiary/aromatic N) is 2. The first-order valence-corrected chi connectivity index (χ1v) is 4.05. The maximum Gasteiger partial charge on any atom is 0.109 e. The van der Waals surface area contributed by atoms with E-state index < -0.39 is 0 Å². The summed E-state index contributed by atoms with van der Waals surface area (Å²) in [6.07, 6.45) is 5.16. The molecule has 66 valence electrons. The molecule has 0 fully saturated rings. The molecule has 0 aliphatic carbocycles. The van der Waals surface area contributed by atoms with E-state index in [1.807, 2.05) is 18.3 Å². The largest absolute Gasteiger partial charge is 0.360 e. The van der Waals surface area contributed by atoms with Crippen LogP contribution in [0.3, 0.4) is 0 Å². The first-order valence-electron chi connectivity index (χ1n) is 4.05. The molecule has 13 heavy (non-hydrogen) atoms. The lowest BCUT2D eigenvalue weighted by Crippen LogP contribution is -2.03. The van der Waals surface area contributed by atoms with E-state index in [9.17, 15) is 0 Å². The standard InChI is InChI=1S/C9H10N4/c10-6-8-9(13-5-4-12-8)7-2-1-3-11-7/h1-5,11H,6,10H2. The molecule has 0 radical (unpaired) electrons. The van der Waals surface area contributed by atoms with Crippen LogP contribution < -0.4 is 5.73 Å². The van der Waals surface area contributed by atoms with Crippen LogP contribution >= 0.6 is 0 Å². The Labute approximate surface area is 75.8 Å². The minimum Gasteiger partial charge on any atom is -0.360 e. The summed E-state index contributed by atoms with van der Waals surface area (Å²) in [5.41, 5.74) is 8.13. The average molecular weight is 174 g/mol. The lowest BCUT2D eigenvalue weighted by molar-refractivity contribution is 0.966. The first kappa shape index (κ1) is 7.94. The van der Waals surface area contributed by atoms with E-state index in [1.54, 1.807) is 12.4 Å². The Kier molecular flexibility index (Phi) is 2.06. The summed E-state index contributed by atoms with van der Waals surface area (Å²) in [5.74, 6) is 0. The monoisotopic (exact) mass is 174 g/mol. The zero-order valence-corrected chi connectivity index (χ0v) is 7.07. The predicted molar refractivity (Wildman–Crippen MR) is 49.7 cm³/mol. The summed E-state index contributed by atoms with van der Waals surface area (Å²) >= 11 is 0. The Morgan fingerprint density at radius 1 is 1.31 bits per heavy atom. The summed E-state index contributed by atoms with van der Waals surface area (Å²) in [7, 11) is 0. The molecule has 2 aromatic rings. The molecule has 2 aromatic heterocycles. The smallest absolute Gasteiger partial charge is 0.109 e. The normalized spacial score (nSPS) is 10.2. The van der Waals surface area contributed by atoms with Crippen LogP contribution in [0.2, 0.25) is 0 Å². The highest BCUT2D eigenvalue weighted by Crippen LogP contribution is 2.16. The molecular formula is C9H10N4. The average Bonchev–Trinajstić information content (AvgIpc) is 2.70. The molecule has 0 amide bonds. The Morgan fingerprint density at radius 2 is 2.15 bits per heavy atom. The molecule has 2 heterocycles. The topological polar surface area (TPSA) is 67.6 Å². The number of H-pyrrole nitrogens is 1. The fourth-order valence-electron chi connectivity index (χ4n) is 1.22. The summed E-state index contributed by atoms with van der Waals surface area (Å²) in [4.78, 5) is 11.4. The Balaban J connectivity index is 2.51. The van der Waals surface area contributed by atoms with Crippen molar-refractivity contribution in [1.29, 1.82) is 0 Å². The second-order valence-corrected chi connectivity index (χ2v) is 2.64. The molecule has 0 aliphatic rings. The fourth-order valence-corrected chi connectivity index (χ4v) is 1.22. The van der Waals surface area contributed by atoms with Gasteiger partial charge in [-0.2, -0.15) is 0 Å². The number of nitrogens with one attached hydrogen (secondary N) is 1. The van der Waals surface area contributed by atoms with Crippen LogP contribution in [0, 0.1) is 0 Å². The van der Waals surface area contributed by atoms with E-state index in [2.05, 4.69) is 15.0 Å². The van der Waals surface area contributed by atoms with Gasteiger partial charge >= 0.3 is 0 Å². The SMILES string of the molecule is NCc1nccnc1-c1ccc[nH]1. The molecule has 0 atom stereocenters. The van der Waals surface area contributed by atoms with Crippen molar-refractivity contribution in [2.45, 2.75) is 6.54 Å². The van der Waals surface area contributed by atoms with Crippen LogP contribution in [-0.4, -0.2) is 15.0 Å². The molecule has 2 rings (SSSR count).